The molecular formula is C26H33NO. The topological polar surface area (TPSA) is 12.5 Å². The van der Waals surface area contributed by atoms with Crippen LogP contribution in [0.1, 0.15) is 54.0 Å². The van der Waals surface area contributed by atoms with Crippen LogP contribution < -0.4 is 4.74 Å². The molecule has 2 nitrogen and oxygen atoms in total. The van der Waals surface area contributed by atoms with E-state index >= 15 is 0 Å². The van der Waals surface area contributed by atoms with Gasteiger partial charge >= 0.3 is 0 Å². The molecule has 0 spiro atoms. The number of nitrogens with zero attached hydrogens (tertiary/aromatic N) is 1. The van der Waals surface area contributed by atoms with E-state index < -0.39 is 0 Å². The van der Waals surface area contributed by atoms with Crippen molar-refractivity contribution in [3.05, 3.63) is 69.8 Å². The number of benzene rings is 2. The molecule has 1 saturated heterocycles. The SMILES string of the molecule is CC1=C(CN2CCC2)CCc2cc(OCCCc3ccc(C)c(C)c3)ccc21. The summed E-state index contributed by atoms with van der Waals surface area (Å²) in [7, 11) is 0. The summed E-state index contributed by atoms with van der Waals surface area (Å²) in [6.45, 7) is 11.2. The Morgan fingerprint density at radius 2 is 1.79 bits per heavy atom. The molecule has 1 heterocycles. The zero-order chi connectivity index (χ0) is 19.5. The van der Waals surface area contributed by atoms with Crippen molar-refractivity contribution in [2.24, 2.45) is 0 Å². The molecule has 0 aromatic heterocycles. The van der Waals surface area contributed by atoms with E-state index in [1.165, 1.54) is 65.9 Å². The molecule has 0 radical (unpaired) electrons. The van der Waals surface area contributed by atoms with E-state index in [0.717, 1.165) is 31.6 Å². The first kappa shape index (κ1) is 19.3. The van der Waals surface area contributed by atoms with Gasteiger partial charge in [0.15, 0.2) is 0 Å². The van der Waals surface area contributed by atoms with Crippen molar-refractivity contribution in [2.75, 3.05) is 26.2 Å². The van der Waals surface area contributed by atoms with Gasteiger partial charge in [-0.2, -0.15) is 0 Å². The van der Waals surface area contributed by atoms with Crippen molar-refractivity contribution in [1.29, 1.82) is 0 Å². The highest BCUT2D eigenvalue weighted by Crippen LogP contribution is 2.34. The number of rotatable bonds is 7. The minimum absolute atomic E-state index is 0.779. The van der Waals surface area contributed by atoms with Gasteiger partial charge in [0, 0.05) is 6.54 Å². The van der Waals surface area contributed by atoms with Gasteiger partial charge in [0.25, 0.3) is 0 Å². The molecule has 1 aliphatic carbocycles. The van der Waals surface area contributed by atoms with Gasteiger partial charge in [0.05, 0.1) is 6.61 Å². The van der Waals surface area contributed by atoms with Crippen LogP contribution in [0.15, 0.2) is 42.0 Å². The number of fused-ring (bicyclic) bond motifs is 1. The van der Waals surface area contributed by atoms with Gasteiger partial charge in [-0.25, -0.2) is 0 Å². The Kier molecular flexibility index (Phi) is 5.87. The minimum atomic E-state index is 0.779. The summed E-state index contributed by atoms with van der Waals surface area (Å²) in [6, 6.07) is 13.5. The van der Waals surface area contributed by atoms with Crippen LogP contribution in [0.5, 0.6) is 5.75 Å². The highest BCUT2D eigenvalue weighted by molar-refractivity contribution is 5.72. The first-order valence-corrected chi connectivity index (χ1v) is 10.8. The van der Waals surface area contributed by atoms with Gasteiger partial charge in [-0.15, -0.1) is 0 Å². The molecule has 0 N–H and O–H groups in total. The smallest absolute Gasteiger partial charge is 0.119 e. The molecule has 0 atom stereocenters. The van der Waals surface area contributed by atoms with Crippen LogP contribution in [0.3, 0.4) is 0 Å². The fourth-order valence-electron chi connectivity index (χ4n) is 4.33. The molecule has 1 fully saturated rings. The van der Waals surface area contributed by atoms with Gasteiger partial charge in [-0.05, 0) is 111 Å². The molecule has 0 amide bonds. The molecule has 2 heteroatoms. The molecule has 28 heavy (non-hydrogen) atoms. The second kappa shape index (κ2) is 8.53. The molecule has 2 aliphatic rings. The maximum Gasteiger partial charge on any atom is 0.119 e. The molecule has 0 saturated carbocycles. The van der Waals surface area contributed by atoms with Crippen LogP contribution in [-0.2, 0) is 12.8 Å². The molecule has 1 aliphatic heterocycles. The third-order valence-electron chi connectivity index (χ3n) is 6.52. The zero-order valence-electron chi connectivity index (χ0n) is 17.7. The summed E-state index contributed by atoms with van der Waals surface area (Å²) in [6.07, 6.45) is 5.85. The van der Waals surface area contributed by atoms with Gasteiger partial charge < -0.3 is 4.74 Å². The Morgan fingerprint density at radius 1 is 0.929 bits per heavy atom. The van der Waals surface area contributed by atoms with Crippen LogP contribution in [-0.4, -0.2) is 31.1 Å². The molecular weight excluding hydrogens is 342 g/mol. The standard InChI is InChI=1S/C26H33NO/c1-19-7-8-22(16-20(19)2)6-4-15-28-25-11-12-26-21(3)24(10-9-23(26)17-25)18-27-13-5-14-27/h7-8,11-12,16-17H,4-6,9-10,13-15,18H2,1-3H3. The van der Waals surface area contributed by atoms with Crippen molar-refractivity contribution in [3.8, 4) is 5.75 Å². The second-order valence-corrected chi connectivity index (χ2v) is 8.55. The lowest BCUT2D eigenvalue weighted by Crippen LogP contribution is -2.38. The number of allylic oxidation sites excluding steroid dienone is 1. The summed E-state index contributed by atoms with van der Waals surface area (Å²) < 4.78 is 6.08. The van der Waals surface area contributed by atoms with E-state index in [1.54, 1.807) is 5.57 Å². The van der Waals surface area contributed by atoms with Crippen LogP contribution in [0, 0.1) is 13.8 Å². The molecule has 0 bridgehead atoms. The van der Waals surface area contributed by atoms with Gasteiger partial charge in [0.1, 0.15) is 5.75 Å². The quantitative estimate of drug-likeness (QED) is 0.572. The van der Waals surface area contributed by atoms with Crippen LogP contribution in [0.4, 0.5) is 0 Å². The maximum atomic E-state index is 6.08. The van der Waals surface area contributed by atoms with Crippen LogP contribution in [0.25, 0.3) is 5.57 Å². The molecule has 0 unspecified atom stereocenters. The Hall–Kier alpha value is -2.06. The van der Waals surface area contributed by atoms with E-state index in [9.17, 15) is 0 Å². The third-order valence-corrected chi connectivity index (χ3v) is 6.52. The molecule has 2 aromatic carbocycles. The number of ether oxygens (including phenoxy) is 1. The summed E-state index contributed by atoms with van der Waals surface area (Å²) >= 11 is 0. The lowest BCUT2D eigenvalue weighted by atomic mass is 9.85. The predicted octanol–water partition coefficient (Wildman–Crippen LogP) is 5.74. The summed E-state index contributed by atoms with van der Waals surface area (Å²) in [4.78, 5) is 2.57. The van der Waals surface area contributed by atoms with E-state index in [0.29, 0.717) is 0 Å². The van der Waals surface area contributed by atoms with Gasteiger partial charge in [-0.3, -0.25) is 4.90 Å². The van der Waals surface area contributed by atoms with E-state index in [4.69, 9.17) is 4.74 Å². The van der Waals surface area contributed by atoms with Crippen molar-refractivity contribution in [3.63, 3.8) is 0 Å². The third kappa shape index (κ3) is 4.33. The zero-order valence-corrected chi connectivity index (χ0v) is 17.7. The second-order valence-electron chi connectivity index (χ2n) is 8.55. The molecule has 2 aromatic rings. The Morgan fingerprint density at radius 3 is 2.54 bits per heavy atom. The van der Waals surface area contributed by atoms with Crippen molar-refractivity contribution in [1.82, 2.24) is 4.90 Å². The first-order valence-electron chi connectivity index (χ1n) is 10.8. The minimum Gasteiger partial charge on any atom is -0.494 e. The summed E-state index contributed by atoms with van der Waals surface area (Å²) in [5, 5.41) is 0. The Bertz CT molecular complexity index is 876. The fourth-order valence-corrected chi connectivity index (χ4v) is 4.33. The monoisotopic (exact) mass is 375 g/mol. The predicted molar refractivity (Wildman–Crippen MR) is 118 cm³/mol. The fraction of sp³-hybridized carbons (Fsp3) is 0.462. The van der Waals surface area contributed by atoms with E-state index in [2.05, 4.69) is 62.1 Å². The van der Waals surface area contributed by atoms with Crippen LogP contribution >= 0.6 is 0 Å². The average Bonchev–Trinajstić information content (AvgIpc) is 2.66. The van der Waals surface area contributed by atoms with E-state index in [-0.39, 0.29) is 0 Å². The van der Waals surface area contributed by atoms with Crippen molar-refractivity contribution in [2.45, 2.75) is 52.9 Å². The van der Waals surface area contributed by atoms with Crippen LogP contribution in [0.2, 0.25) is 0 Å². The summed E-state index contributed by atoms with van der Waals surface area (Å²) in [5.41, 5.74) is 10.2. The van der Waals surface area contributed by atoms with E-state index in [1.807, 2.05) is 0 Å². The highest BCUT2D eigenvalue weighted by Gasteiger charge is 2.21. The number of likely N-dealkylation sites (tertiary alicyclic amines) is 1. The average molecular weight is 376 g/mol. The first-order chi connectivity index (χ1) is 13.6. The molecule has 4 rings (SSSR count). The van der Waals surface area contributed by atoms with Gasteiger partial charge in [0.2, 0.25) is 0 Å². The number of hydrogen-bond acceptors (Lipinski definition) is 2. The largest absolute Gasteiger partial charge is 0.494 e. The van der Waals surface area contributed by atoms with Crippen molar-refractivity contribution >= 4 is 5.57 Å². The number of aryl methyl sites for hydroxylation is 4. The lowest BCUT2D eigenvalue weighted by molar-refractivity contribution is 0.197. The summed E-state index contributed by atoms with van der Waals surface area (Å²) in [5.74, 6) is 1.03. The lowest BCUT2D eigenvalue weighted by Gasteiger charge is -2.33. The maximum absolute atomic E-state index is 6.08. The normalized spacial score (nSPS) is 16.7. The Labute approximate surface area is 170 Å². The number of hydrogen-bond donors (Lipinski definition) is 0. The highest BCUT2D eigenvalue weighted by atomic mass is 16.5. The molecule has 148 valence electrons. The Balaban J connectivity index is 1.32. The van der Waals surface area contributed by atoms with Gasteiger partial charge in [-0.1, -0.05) is 29.8 Å². The van der Waals surface area contributed by atoms with Crippen molar-refractivity contribution < 1.29 is 4.74 Å².